The second kappa shape index (κ2) is 9.00. The third-order valence-corrected chi connectivity index (χ3v) is 7.29. The van der Waals surface area contributed by atoms with E-state index in [4.69, 9.17) is 14.9 Å². The highest BCUT2D eigenvalue weighted by Gasteiger charge is 2.34. The predicted octanol–water partition coefficient (Wildman–Crippen LogP) is 2.89. The van der Waals surface area contributed by atoms with Crippen molar-refractivity contribution in [2.24, 2.45) is 5.92 Å². The largest absolute Gasteiger partial charge is 0.477 e. The van der Waals surface area contributed by atoms with Gasteiger partial charge in [0, 0.05) is 49.6 Å². The third-order valence-electron chi connectivity index (χ3n) is 7.29. The van der Waals surface area contributed by atoms with E-state index in [-0.39, 0.29) is 5.95 Å². The van der Waals surface area contributed by atoms with Gasteiger partial charge >= 0.3 is 0 Å². The fourth-order valence-corrected chi connectivity index (χ4v) is 5.35. The lowest BCUT2D eigenvalue weighted by molar-refractivity contribution is 0.0716. The molecule has 11 heteroatoms. The number of furan rings is 1. The van der Waals surface area contributed by atoms with Crippen molar-refractivity contribution < 1.29 is 9.15 Å². The number of nitrogens with two attached hydrogens (primary N) is 1. The van der Waals surface area contributed by atoms with Gasteiger partial charge in [0.1, 0.15) is 0 Å². The van der Waals surface area contributed by atoms with Crippen LogP contribution in [0.15, 0.2) is 59.2 Å². The molecule has 4 aromatic heterocycles. The molecule has 2 unspecified atom stereocenters. The summed E-state index contributed by atoms with van der Waals surface area (Å²) in [5.41, 5.74) is 7.18. The molecule has 2 aliphatic rings. The molecule has 2 saturated heterocycles. The van der Waals surface area contributed by atoms with E-state index in [2.05, 4.69) is 47.0 Å². The van der Waals surface area contributed by atoms with Crippen molar-refractivity contribution in [1.82, 2.24) is 34.4 Å². The van der Waals surface area contributed by atoms with Crippen LogP contribution in [0.4, 0.5) is 11.9 Å². The summed E-state index contributed by atoms with van der Waals surface area (Å²) in [5, 5.41) is 5.51. The number of aromatic nitrogens is 6. The molecule has 2 atom stereocenters. The van der Waals surface area contributed by atoms with E-state index < -0.39 is 0 Å². The highest BCUT2D eigenvalue weighted by Crippen LogP contribution is 2.28. The van der Waals surface area contributed by atoms with Gasteiger partial charge in [0.05, 0.1) is 18.4 Å². The number of fused-ring (bicyclic) bond motifs is 3. The highest BCUT2D eigenvalue weighted by atomic mass is 16.5. The van der Waals surface area contributed by atoms with Gasteiger partial charge < -0.3 is 19.8 Å². The smallest absolute Gasteiger partial charge is 0.259 e. The minimum absolute atomic E-state index is 0.260. The predicted molar refractivity (Wildman–Crippen MR) is 138 cm³/mol. The summed E-state index contributed by atoms with van der Waals surface area (Å²) in [5.74, 6) is 3.45. The molecule has 6 heterocycles. The topological polar surface area (TPSA) is 124 Å². The van der Waals surface area contributed by atoms with Gasteiger partial charge in [-0.1, -0.05) is 18.2 Å². The van der Waals surface area contributed by atoms with Crippen molar-refractivity contribution in [2.45, 2.75) is 18.9 Å². The van der Waals surface area contributed by atoms with Crippen molar-refractivity contribution in [3.05, 3.63) is 54.8 Å². The van der Waals surface area contributed by atoms with Crippen LogP contribution in [0.3, 0.4) is 0 Å². The van der Waals surface area contributed by atoms with Crippen LogP contribution in [-0.2, 0) is 0 Å². The van der Waals surface area contributed by atoms with Gasteiger partial charge in [-0.15, -0.1) is 5.10 Å². The zero-order chi connectivity index (χ0) is 24.8. The second-order valence-corrected chi connectivity index (χ2v) is 9.70. The van der Waals surface area contributed by atoms with Gasteiger partial charge in [0.25, 0.3) is 5.78 Å². The van der Waals surface area contributed by atoms with Crippen molar-refractivity contribution in [3.8, 4) is 17.5 Å². The summed E-state index contributed by atoms with van der Waals surface area (Å²) in [7, 11) is 0. The van der Waals surface area contributed by atoms with Crippen molar-refractivity contribution in [1.29, 1.82) is 0 Å². The summed E-state index contributed by atoms with van der Waals surface area (Å²) in [6.45, 7) is 4.32. The summed E-state index contributed by atoms with van der Waals surface area (Å²) in [6.07, 6.45) is 3.80. The molecule has 0 amide bonds. The summed E-state index contributed by atoms with van der Waals surface area (Å²) < 4.78 is 13.0. The van der Waals surface area contributed by atoms with E-state index in [0.717, 1.165) is 49.9 Å². The van der Waals surface area contributed by atoms with Crippen molar-refractivity contribution in [3.63, 3.8) is 0 Å². The molecule has 188 valence electrons. The molecule has 0 bridgehead atoms. The molecule has 0 saturated carbocycles. The number of nitrogens with zero attached hydrogens (tertiary/aromatic N) is 8. The minimum atomic E-state index is 0.260. The number of nitrogen functional groups attached to an aromatic ring is 1. The zero-order valence-corrected chi connectivity index (χ0v) is 20.3. The van der Waals surface area contributed by atoms with Gasteiger partial charge in [-0.2, -0.15) is 19.5 Å². The molecule has 2 fully saturated rings. The zero-order valence-electron chi connectivity index (χ0n) is 20.3. The number of hydrogen-bond donors (Lipinski definition) is 1. The lowest BCUT2D eigenvalue weighted by Crippen LogP contribution is -2.57. The van der Waals surface area contributed by atoms with Crippen LogP contribution in [0, 0.1) is 5.92 Å². The van der Waals surface area contributed by atoms with Gasteiger partial charge in [-0.05, 0) is 37.1 Å². The van der Waals surface area contributed by atoms with Gasteiger partial charge in [-0.25, -0.2) is 4.98 Å². The number of pyridine rings is 1. The van der Waals surface area contributed by atoms with Crippen molar-refractivity contribution >= 4 is 28.6 Å². The molecule has 0 radical (unpaired) electrons. The molecule has 0 aliphatic carbocycles. The first kappa shape index (κ1) is 22.0. The maximum atomic E-state index is 6.21. The monoisotopic (exact) mass is 497 g/mol. The number of para-hydroxylation sites is 1. The number of piperidine rings is 1. The molecule has 2 N–H and O–H groups in total. The first-order chi connectivity index (χ1) is 18.2. The van der Waals surface area contributed by atoms with Gasteiger partial charge in [-0.3, -0.25) is 4.90 Å². The SMILES string of the molecule is Nc1nc(N2CCN3CC(COc4ccc5ccccc5n4)CCC3C2)nc2nc(-c3ccco3)nn12. The second-order valence-electron chi connectivity index (χ2n) is 9.70. The number of rotatable bonds is 5. The van der Waals surface area contributed by atoms with Crippen LogP contribution < -0.4 is 15.4 Å². The van der Waals surface area contributed by atoms with E-state index in [1.165, 1.54) is 4.52 Å². The Morgan fingerprint density at radius 1 is 0.946 bits per heavy atom. The molecule has 2 aliphatic heterocycles. The maximum absolute atomic E-state index is 6.21. The molecule has 11 nitrogen and oxygen atoms in total. The average molecular weight is 498 g/mol. The first-order valence-electron chi connectivity index (χ1n) is 12.6. The number of anilines is 2. The van der Waals surface area contributed by atoms with Gasteiger partial charge in [0.15, 0.2) is 5.76 Å². The minimum Gasteiger partial charge on any atom is -0.477 e. The lowest BCUT2D eigenvalue weighted by atomic mass is 9.91. The van der Waals surface area contributed by atoms with E-state index in [0.29, 0.717) is 47.8 Å². The summed E-state index contributed by atoms with van der Waals surface area (Å²) >= 11 is 0. The number of benzene rings is 1. The quantitative estimate of drug-likeness (QED) is 0.388. The van der Waals surface area contributed by atoms with Crippen LogP contribution in [0.25, 0.3) is 28.3 Å². The molecular formula is C26H27N9O2. The van der Waals surface area contributed by atoms with E-state index in [9.17, 15) is 0 Å². The Balaban J connectivity index is 0.996. The van der Waals surface area contributed by atoms with Crippen LogP contribution in [-0.4, -0.2) is 73.3 Å². The molecule has 0 spiro atoms. The Hall–Kier alpha value is -4.25. The maximum Gasteiger partial charge on any atom is 0.259 e. The number of piperazine rings is 1. The summed E-state index contributed by atoms with van der Waals surface area (Å²) in [6, 6.07) is 16.2. The van der Waals surface area contributed by atoms with E-state index in [1.54, 1.807) is 18.4 Å². The van der Waals surface area contributed by atoms with Crippen LogP contribution >= 0.6 is 0 Å². The average Bonchev–Trinajstić information content (AvgIpc) is 3.62. The number of hydrogen-bond acceptors (Lipinski definition) is 10. The Kier molecular flexibility index (Phi) is 5.35. The normalized spacial score (nSPS) is 20.4. The standard InChI is InChI=1S/C26H27N9O2/c27-24-30-25(31-26-29-23(32-35(24)26)21-6-3-13-36-21)34-12-11-33-14-17(7-9-19(33)15-34)16-37-22-10-8-18-4-1-2-5-20(18)28-22/h1-6,8,10,13,17,19H,7,9,11-12,14-16H2,(H2,27,29,30,31,32). The molecular weight excluding hydrogens is 470 g/mol. The van der Waals surface area contributed by atoms with Crippen LogP contribution in [0.1, 0.15) is 12.8 Å². The highest BCUT2D eigenvalue weighted by molar-refractivity contribution is 5.78. The van der Waals surface area contributed by atoms with E-state index in [1.807, 2.05) is 24.3 Å². The van der Waals surface area contributed by atoms with Crippen LogP contribution in [0.2, 0.25) is 0 Å². The Morgan fingerprint density at radius 3 is 2.81 bits per heavy atom. The van der Waals surface area contributed by atoms with E-state index >= 15 is 0 Å². The summed E-state index contributed by atoms with van der Waals surface area (Å²) in [4.78, 5) is 23.1. The molecule has 7 rings (SSSR count). The first-order valence-corrected chi connectivity index (χ1v) is 12.6. The third kappa shape index (κ3) is 4.20. The fourth-order valence-electron chi connectivity index (χ4n) is 5.35. The Bertz CT molecular complexity index is 1550. The van der Waals surface area contributed by atoms with Gasteiger partial charge in [0.2, 0.25) is 23.6 Å². The Labute approximate surface area is 212 Å². The van der Waals surface area contributed by atoms with Crippen LogP contribution in [0.5, 0.6) is 5.88 Å². The fraction of sp³-hybridized carbons (Fsp3) is 0.346. The molecule has 1 aromatic carbocycles. The molecule has 5 aromatic rings. The Morgan fingerprint density at radius 2 is 1.89 bits per heavy atom. The number of ether oxygens (including phenoxy) is 1. The molecule has 37 heavy (non-hydrogen) atoms. The lowest BCUT2D eigenvalue weighted by Gasteiger charge is -2.46. The van der Waals surface area contributed by atoms with Crippen molar-refractivity contribution in [2.75, 3.05) is 43.4 Å².